The van der Waals surface area contributed by atoms with Gasteiger partial charge in [0.05, 0.1) is 34.0 Å². The molecule has 1 aromatic carbocycles. The molecule has 11 heteroatoms. The van der Waals surface area contributed by atoms with Crippen molar-refractivity contribution in [2.24, 2.45) is 0 Å². The van der Waals surface area contributed by atoms with Crippen LogP contribution in [0.1, 0.15) is 5.76 Å². The molecule has 5 aromatic heterocycles. The van der Waals surface area contributed by atoms with Gasteiger partial charge < -0.3 is 14.1 Å². The van der Waals surface area contributed by atoms with Gasteiger partial charge in [-0.3, -0.25) is 29.9 Å². The van der Waals surface area contributed by atoms with Gasteiger partial charge in [-0.1, -0.05) is 24.3 Å². The molecule has 6 rings (SSSR count). The number of nitro benzene ring substituents is 1. The molecule has 10 nitrogen and oxygen atoms in total. The predicted octanol–water partition coefficient (Wildman–Crippen LogP) is 5.02. The van der Waals surface area contributed by atoms with Crippen LogP contribution in [0.4, 0.5) is 5.69 Å². The summed E-state index contributed by atoms with van der Waals surface area (Å²) in [7, 11) is 3.87. The first kappa shape index (κ1) is 29.5. The van der Waals surface area contributed by atoms with Crippen molar-refractivity contribution < 1.29 is 38.5 Å². The molecule has 0 atom stereocenters. The number of non-ortho nitro benzene ring substituents is 1. The minimum absolute atomic E-state index is 0. The fourth-order valence-electron chi connectivity index (χ4n) is 3.64. The second-order valence-electron chi connectivity index (χ2n) is 8.09. The van der Waals surface area contributed by atoms with Crippen LogP contribution in [0, 0.1) is 24.1 Å². The topological polar surface area (TPSA) is 136 Å². The Morgan fingerprint density at radius 3 is 2.27 bits per heavy atom. The Balaban J connectivity index is 0.000000172. The van der Waals surface area contributed by atoms with Crippen LogP contribution >= 0.6 is 0 Å². The van der Waals surface area contributed by atoms with E-state index in [0.717, 1.165) is 16.8 Å². The van der Waals surface area contributed by atoms with Crippen molar-refractivity contribution in [3.05, 3.63) is 137 Å². The van der Waals surface area contributed by atoms with Crippen molar-refractivity contribution >= 4 is 27.5 Å². The van der Waals surface area contributed by atoms with E-state index in [0.29, 0.717) is 16.4 Å². The molecular weight excluding hydrogens is 599 g/mol. The monoisotopic (exact) mass is 623 g/mol. The average Bonchev–Trinajstić information content (AvgIpc) is 2.97. The zero-order valence-electron chi connectivity index (χ0n) is 21.2. The quantitative estimate of drug-likeness (QED) is 0.0711. The SMILES string of the molecule is Cc1occc(=O)c1O.O=[N+]([O-])c1cc2cccnc2c2ncccc12.[CH2-][n+]1ccccc1-c1ccccn1.[Ru+]. The van der Waals surface area contributed by atoms with Crippen LogP contribution in [-0.4, -0.2) is 25.0 Å². The number of aromatic hydroxyl groups is 1. The van der Waals surface area contributed by atoms with E-state index < -0.39 is 10.4 Å². The molecule has 1 N–H and O–H groups in total. The number of pyridine rings is 4. The van der Waals surface area contributed by atoms with Crippen molar-refractivity contribution in [3.8, 4) is 17.1 Å². The fraction of sp³-hybridized carbons (Fsp3) is 0.0345. The maximum atomic E-state index is 11.0. The van der Waals surface area contributed by atoms with Crippen LogP contribution in [0.15, 0.2) is 113 Å². The number of nitro groups is 1. The Labute approximate surface area is 241 Å². The number of rotatable bonds is 2. The van der Waals surface area contributed by atoms with Crippen molar-refractivity contribution in [2.45, 2.75) is 6.92 Å². The van der Waals surface area contributed by atoms with Gasteiger partial charge in [0.2, 0.25) is 11.2 Å². The molecule has 40 heavy (non-hydrogen) atoms. The molecule has 0 fully saturated rings. The van der Waals surface area contributed by atoms with Gasteiger partial charge in [-0.15, -0.1) is 0 Å². The third kappa shape index (κ3) is 6.89. The van der Waals surface area contributed by atoms with Crippen LogP contribution in [-0.2, 0) is 19.5 Å². The molecular formula is C29H23N5O5Ru+. The molecule has 0 saturated carbocycles. The Morgan fingerprint density at radius 2 is 1.62 bits per heavy atom. The molecule has 0 aliphatic carbocycles. The first-order valence-corrected chi connectivity index (χ1v) is 11.6. The summed E-state index contributed by atoms with van der Waals surface area (Å²) in [5.41, 5.74) is 2.87. The fourth-order valence-corrected chi connectivity index (χ4v) is 3.64. The molecule has 1 radical (unpaired) electrons. The van der Waals surface area contributed by atoms with Gasteiger partial charge >= 0.3 is 19.5 Å². The molecule has 0 aliphatic rings. The Bertz CT molecular complexity index is 1810. The summed E-state index contributed by atoms with van der Waals surface area (Å²) in [5, 5.41) is 21.1. The zero-order valence-corrected chi connectivity index (χ0v) is 22.9. The van der Waals surface area contributed by atoms with E-state index in [1.807, 2.05) is 47.2 Å². The summed E-state index contributed by atoms with van der Waals surface area (Å²) in [4.78, 5) is 33.8. The summed E-state index contributed by atoms with van der Waals surface area (Å²) in [6, 6.07) is 21.4. The van der Waals surface area contributed by atoms with E-state index in [4.69, 9.17) is 5.11 Å². The smallest absolute Gasteiger partial charge is 0.502 e. The molecule has 201 valence electrons. The van der Waals surface area contributed by atoms with Gasteiger partial charge in [0.1, 0.15) is 17.0 Å². The third-order valence-electron chi connectivity index (χ3n) is 5.53. The Morgan fingerprint density at radius 1 is 0.925 bits per heavy atom. The number of hydrogen-bond acceptors (Lipinski definition) is 8. The minimum atomic E-state index is -0.404. The Hall–Kier alpha value is -5.02. The van der Waals surface area contributed by atoms with Crippen molar-refractivity contribution in [2.75, 3.05) is 0 Å². The van der Waals surface area contributed by atoms with Crippen LogP contribution in [0.5, 0.6) is 5.75 Å². The summed E-state index contributed by atoms with van der Waals surface area (Å²) in [6.45, 7) is 1.52. The number of benzene rings is 1. The van der Waals surface area contributed by atoms with E-state index in [-0.39, 0.29) is 36.7 Å². The van der Waals surface area contributed by atoms with Gasteiger partial charge in [-0.05, 0) is 43.3 Å². The second-order valence-corrected chi connectivity index (χ2v) is 8.09. The molecule has 0 spiro atoms. The summed E-state index contributed by atoms with van der Waals surface area (Å²) >= 11 is 0. The average molecular weight is 623 g/mol. The van der Waals surface area contributed by atoms with Gasteiger partial charge in [0.15, 0.2) is 0 Å². The second kappa shape index (κ2) is 13.7. The van der Waals surface area contributed by atoms with Gasteiger partial charge in [-0.2, -0.15) is 0 Å². The van der Waals surface area contributed by atoms with E-state index in [1.54, 1.807) is 42.9 Å². The Kier molecular flexibility index (Phi) is 10.1. The molecule has 5 heterocycles. The van der Waals surface area contributed by atoms with Crippen LogP contribution in [0.2, 0.25) is 0 Å². The van der Waals surface area contributed by atoms with Crippen molar-refractivity contribution in [3.63, 3.8) is 0 Å². The van der Waals surface area contributed by atoms with Crippen LogP contribution < -0.4 is 10.00 Å². The predicted molar refractivity (Wildman–Crippen MR) is 146 cm³/mol. The molecule has 6 aromatic rings. The van der Waals surface area contributed by atoms with Crippen LogP contribution in [0.3, 0.4) is 0 Å². The summed E-state index contributed by atoms with van der Waals surface area (Å²) in [6.07, 6.45) is 8.20. The maximum absolute atomic E-state index is 11.0. The number of nitrogens with zero attached hydrogens (tertiary/aromatic N) is 5. The van der Waals surface area contributed by atoms with E-state index in [2.05, 4.69) is 26.4 Å². The molecule has 0 amide bonds. The van der Waals surface area contributed by atoms with Crippen molar-refractivity contribution in [1.82, 2.24) is 15.0 Å². The normalized spacial score (nSPS) is 9.93. The van der Waals surface area contributed by atoms with Gasteiger partial charge in [0.25, 0.3) is 5.69 Å². The van der Waals surface area contributed by atoms with Crippen LogP contribution in [0.25, 0.3) is 33.2 Å². The van der Waals surface area contributed by atoms with Gasteiger partial charge in [-0.25, -0.2) is 0 Å². The first-order chi connectivity index (χ1) is 18.9. The summed E-state index contributed by atoms with van der Waals surface area (Å²) < 4.78 is 6.50. The standard InChI is InChI=1S/C12H7N3O2.C11H10N2.C6H6O3.Ru/c16-15(17)10-7-8-3-1-5-13-11(8)12-9(10)4-2-6-14-12;1-13-9-5-3-7-11(13)10-6-2-4-8-12-10;1-4-6(8)5(7)2-3-9-4;/h1-7H;2-9H,1H2;2-3,8H,1H3;/q;;;+1. The minimum Gasteiger partial charge on any atom is -0.502 e. The third-order valence-corrected chi connectivity index (χ3v) is 5.53. The van der Waals surface area contributed by atoms with E-state index >= 15 is 0 Å². The molecule has 0 aliphatic heterocycles. The number of aromatic nitrogens is 4. The summed E-state index contributed by atoms with van der Waals surface area (Å²) in [5.74, 6) is -0.0556. The number of aryl methyl sites for hydroxylation is 1. The molecule has 0 saturated heterocycles. The number of hydrogen-bond donors (Lipinski definition) is 1. The first-order valence-electron chi connectivity index (χ1n) is 11.6. The molecule has 0 bridgehead atoms. The number of fused-ring (bicyclic) bond motifs is 3. The maximum Gasteiger partial charge on any atom is 1.00 e. The molecule has 0 unspecified atom stereocenters. The van der Waals surface area contributed by atoms with Crippen molar-refractivity contribution in [1.29, 1.82) is 0 Å². The van der Waals surface area contributed by atoms with E-state index in [1.165, 1.54) is 25.3 Å². The largest absolute Gasteiger partial charge is 1.00 e. The zero-order chi connectivity index (χ0) is 27.8. The van der Waals surface area contributed by atoms with Gasteiger partial charge in [0, 0.05) is 43.2 Å². The van der Waals surface area contributed by atoms with E-state index in [9.17, 15) is 14.9 Å².